The number of nitrogens with zero attached hydrogens (tertiary/aromatic N) is 6. The zero-order chi connectivity index (χ0) is 30.9. The second-order valence-corrected chi connectivity index (χ2v) is 8.73. The summed E-state index contributed by atoms with van der Waals surface area (Å²) >= 11 is 0. The summed E-state index contributed by atoms with van der Waals surface area (Å²) in [6.45, 7) is 3.13. The van der Waals surface area contributed by atoms with Gasteiger partial charge in [0, 0.05) is 61.1 Å². The Hall–Kier alpha value is -1.77. The largest absolute Gasteiger partial charge is 1.00 e. The van der Waals surface area contributed by atoms with Gasteiger partial charge in [0.15, 0.2) is 0 Å². The van der Waals surface area contributed by atoms with Gasteiger partial charge >= 0.3 is 138 Å². The van der Waals surface area contributed by atoms with E-state index in [2.05, 4.69) is 53.1 Å². The normalized spacial score (nSPS) is 9.09. The molecule has 0 aliphatic heterocycles. The van der Waals surface area contributed by atoms with Gasteiger partial charge in [0.25, 0.3) is 6.47 Å². The van der Waals surface area contributed by atoms with Gasteiger partial charge in [0.1, 0.15) is 11.5 Å². The van der Waals surface area contributed by atoms with E-state index in [1.807, 2.05) is 61.5 Å². The summed E-state index contributed by atoms with van der Waals surface area (Å²) in [4.78, 5) is 23.1. The van der Waals surface area contributed by atoms with Gasteiger partial charge in [-0.05, 0) is 47.5 Å². The maximum absolute atomic E-state index is 9.34. The third kappa shape index (κ3) is 13.8. The first-order valence-corrected chi connectivity index (χ1v) is 13.1. The molecule has 46 heavy (non-hydrogen) atoms. The van der Waals surface area contributed by atoms with E-state index in [1.54, 1.807) is 12.1 Å². The van der Waals surface area contributed by atoms with Gasteiger partial charge in [-0.3, -0.25) is 4.79 Å². The van der Waals surface area contributed by atoms with Crippen LogP contribution in [0.15, 0.2) is 95.2 Å². The third-order valence-electron chi connectivity index (χ3n) is 5.92. The van der Waals surface area contributed by atoms with Crippen LogP contribution in [-0.2, 0) is 9.68 Å². The Balaban J connectivity index is 0. The maximum Gasteiger partial charge on any atom is 1.00 e. The Kier molecular flexibility index (Phi) is 24.3. The fourth-order valence-corrected chi connectivity index (χ4v) is 4.16. The van der Waals surface area contributed by atoms with Crippen molar-refractivity contribution >= 4 is 50.1 Å². The number of para-hydroxylation sites is 2. The summed E-state index contributed by atoms with van der Waals surface area (Å²) in [5, 5.41) is 29.2. The van der Waals surface area contributed by atoms with Crippen molar-refractivity contribution in [2.24, 2.45) is 10.2 Å². The first-order chi connectivity index (χ1) is 21.1. The second kappa shape index (κ2) is 25.3. The molecule has 230 valence electrons. The number of H-pyrrole nitrogens is 2. The maximum atomic E-state index is 9.34. The number of hydrogen-bond donors (Lipinski definition) is 3. The van der Waals surface area contributed by atoms with Crippen LogP contribution in [0.4, 0.5) is 0 Å². The van der Waals surface area contributed by atoms with Crippen LogP contribution < -0.4 is 148 Å². The Morgan fingerprint density at radius 1 is 0.804 bits per heavy atom. The number of aromatic hydroxyl groups is 1. The third-order valence-corrected chi connectivity index (χ3v) is 5.92. The summed E-state index contributed by atoms with van der Waals surface area (Å²) in [7, 11) is 0. The fourth-order valence-electron chi connectivity index (χ4n) is 4.16. The minimum Gasteiger partial charge on any atom is -1.00 e. The van der Waals surface area contributed by atoms with E-state index in [0.717, 1.165) is 39.6 Å². The van der Waals surface area contributed by atoms with Crippen LogP contribution in [0, 0.1) is 0 Å². The molecule has 6 rings (SSSR count). The van der Waals surface area contributed by atoms with Crippen molar-refractivity contribution in [3.8, 4) is 11.5 Å². The van der Waals surface area contributed by atoms with Crippen molar-refractivity contribution in [2.45, 2.75) is 20.8 Å². The molecule has 4 aromatic carbocycles. The van der Waals surface area contributed by atoms with Crippen molar-refractivity contribution < 1.29 is 164 Å². The van der Waals surface area contributed by atoms with Crippen LogP contribution >= 0.6 is 0 Å². The minimum atomic E-state index is -0.181. The average molecular weight is 864 g/mol. The average Bonchev–Trinajstić information content (AvgIpc) is 3.60. The van der Waals surface area contributed by atoms with Crippen molar-refractivity contribution in [1.82, 2.24) is 9.97 Å². The number of phenols is 1. The second-order valence-electron chi connectivity index (χ2n) is 8.73. The Labute approximate surface area is 384 Å². The van der Waals surface area contributed by atoms with Crippen LogP contribution in [0.5, 0.6) is 11.5 Å². The van der Waals surface area contributed by atoms with Gasteiger partial charge in [-0.1, -0.05) is 67.4 Å². The zero-order valence-electron chi connectivity index (χ0n) is 26.3. The number of ether oxygens (including phenoxy) is 1. The van der Waals surface area contributed by atoms with Crippen LogP contribution in [0.1, 0.15) is 22.2 Å². The van der Waals surface area contributed by atoms with Crippen molar-refractivity contribution in [3.05, 3.63) is 106 Å². The van der Waals surface area contributed by atoms with Crippen molar-refractivity contribution in [2.75, 3.05) is 19.7 Å². The minimum absolute atomic E-state index is 0. The van der Waals surface area contributed by atoms with E-state index in [9.17, 15) is 5.11 Å². The van der Waals surface area contributed by atoms with Crippen molar-refractivity contribution in [1.29, 1.82) is 0 Å². The van der Waals surface area contributed by atoms with Crippen LogP contribution in [0.25, 0.3) is 64.5 Å². The van der Waals surface area contributed by atoms with Gasteiger partial charge in [-0.25, -0.2) is 0 Å². The number of aromatic amines is 2. The van der Waals surface area contributed by atoms with E-state index in [0.29, 0.717) is 25.4 Å². The van der Waals surface area contributed by atoms with Crippen LogP contribution in [-0.4, -0.2) is 41.2 Å². The molecule has 0 spiro atoms. The number of rotatable bonds is 7. The predicted octanol–water partition coefficient (Wildman–Crippen LogP) is 1.93. The molecule has 0 aliphatic rings. The molecular weight excluding hydrogens is 830 g/mol. The molecule has 2 aromatic heterocycles. The Morgan fingerprint density at radius 2 is 1.28 bits per heavy atom. The number of phenolic OH excluding ortho intramolecular Hbond substituents is 1. The van der Waals surface area contributed by atoms with E-state index in [-0.39, 0.29) is 153 Å². The van der Waals surface area contributed by atoms with Gasteiger partial charge in [0.05, 0.1) is 24.2 Å². The smallest absolute Gasteiger partial charge is 1.00 e. The molecular formula is C31H34Cs2N8O5. The number of carbonyl (C=O) groups excluding carboxylic acids is 1. The standard InChI is InChI=1S/C14H12N4O.C12H9NO.C3H7N3.CH2O3.CH4.2Cs.H/c15-18-16-7-8-19-10-5-6-12-11-3-1-2-4-13(11)17-14(12)9-10;14-8-5-6-10-9-3-1-2-4-11(9)13-12(10)7-8;1-2-3-5-6-4;2-1-4-3;;;;/h1-6,9,17H,7-8H2;1-7,13-14H;2-3H2,1H3;1,3H;1H4;;;/q;;;;;2*+1;-1/p-1. The molecule has 0 saturated heterocycles. The molecule has 0 unspecified atom stereocenters. The number of benzene rings is 4. The number of aromatic nitrogens is 2. The van der Waals surface area contributed by atoms with Gasteiger partial charge in [0.2, 0.25) is 0 Å². The Bertz CT molecular complexity index is 1890. The summed E-state index contributed by atoms with van der Waals surface area (Å²) in [6.07, 6.45) is 0.935. The number of hydrogen-bond acceptors (Lipinski definition) is 7. The molecule has 0 atom stereocenters. The molecule has 0 bridgehead atoms. The number of azide groups is 2. The topological polar surface area (TPSA) is 208 Å². The molecule has 0 fully saturated rings. The molecule has 2 heterocycles. The van der Waals surface area contributed by atoms with E-state index in [1.165, 1.54) is 16.2 Å². The van der Waals surface area contributed by atoms with E-state index in [4.69, 9.17) is 25.9 Å². The summed E-state index contributed by atoms with van der Waals surface area (Å²) in [6, 6.07) is 27.6. The van der Waals surface area contributed by atoms with E-state index < -0.39 is 0 Å². The SMILES string of the molecule is C.CCCN=[N+]=[N-].O=CO[O-].Oc1ccc2c(c1)[nH]c1ccccc12.[Cs+].[Cs+].[H-].[N-]=[N+]=NCCOc1ccc2c(c1)[nH]c1ccccc12. The van der Waals surface area contributed by atoms with Crippen LogP contribution in [0.3, 0.4) is 0 Å². The van der Waals surface area contributed by atoms with Gasteiger partial charge < -0.3 is 31.4 Å². The monoisotopic (exact) mass is 864 g/mol. The quantitative estimate of drug-likeness (QED) is 0.0417. The molecule has 15 heteroatoms. The number of carbonyl (C=O) groups is 1. The predicted molar refractivity (Wildman–Crippen MR) is 172 cm³/mol. The molecule has 0 aliphatic carbocycles. The van der Waals surface area contributed by atoms with Gasteiger partial charge in [-0.15, -0.1) is 0 Å². The summed E-state index contributed by atoms with van der Waals surface area (Å²) in [5.41, 5.74) is 20.1. The zero-order valence-corrected chi connectivity index (χ0v) is 37.8. The fraction of sp³-hybridized carbons (Fsp3) is 0.194. The molecule has 13 nitrogen and oxygen atoms in total. The van der Waals surface area contributed by atoms with Crippen LogP contribution in [0.2, 0.25) is 0 Å². The molecule has 0 radical (unpaired) electrons. The van der Waals surface area contributed by atoms with Gasteiger partial charge in [-0.2, -0.15) is 0 Å². The summed E-state index contributed by atoms with van der Waals surface area (Å²) < 4.78 is 5.53. The molecule has 0 saturated carbocycles. The first-order valence-electron chi connectivity index (χ1n) is 13.1. The van der Waals surface area contributed by atoms with Crippen molar-refractivity contribution in [3.63, 3.8) is 0 Å². The Morgan fingerprint density at radius 3 is 1.78 bits per heavy atom. The molecule has 0 amide bonds. The van der Waals surface area contributed by atoms with E-state index >= 15 is 0 Å². The first kappa shape index (κ1) is 44.2. The summed E-state index contributed by atoms with van der Waals surface area (Å²) in [5.74, 6) is 1.07. The number of fused-ring (bicyclic) bond motifs is 6. The number of nitrogens with one attached hydrogen (secondary N) is 2. The molecule has 3 N–H and O–H groups in total. The molecule has 6 aromatic rings.